The molecule has 9 heteroatoms. The molecule has 0 rings (SSSR count). The fourth-order valence-corrected chi connectivity index (χ4v) is 1.77. The van der Waals surface area contributed by atoms with Crippen molar-refractivity contribution < 1.29 is 42.7 Å². The molecular weight excluding hydrogens is 372 g/mol. The van der Waals surface area contributed by atoms with Gasteiger partial charge in [-0.2, -0.15) is 0 Å². The maximum atomic E-state index is 11.3. The number of carbonyl (C=O) groups is 1. The van der Waals surface area contributed by atoms with Crippen LogP contribution in [0.3, 0.4) is 0 Å². The van der Waals surface area contributed by atoms with E-state index in [1.165, 1.54) is 0 Å². The van der Waals surface area contributed by atoms with E-state index in [1.807, 2.05) is 6.92 Å². The fraction of sp³-hybridized carbons (Fsp3) is 0.947. The normalized spacial score (nSPS) is 11.1. The van der Waals surface area contributed by atoms with Crippen molar-refractivity contribution in [1.29, 1.82) is 0 Å². The molecule has 168 valence electrons. The first-order valence-corrected chi connectivity index (χ1v) is 9.92. The topological polar surface area (TPSA) is 90.9 Å². The van der Waals surface area contributed by atoms with Gasteiger partial charge in [-0.05, 0) is 6.42 Å². The predicted octanol–water partition coefficient (Wildman–Crippen LogP) is 1.08. The minimum atomic E-state index is -0.336. The molecule has 0 unspecified atom stereocenters. The van der Waals surface area contributed by atoms with E-state index >= 15 is 0 Å². The van der Waals surface area contributed by atoms with Crippen molar-refractivity contribution in [3.05, 3.63) is 0 Å². The Morgan fingerprint density at radius 1 is 0.571 bits per heavy atom. The zero-order chi connectivity index (χ0) is 20.5. The number of rotatable bonds is 23. The molecule has 0 aliphatic carbocycles. The molecule has 0 fully saturated rings. The minimum absolute atomic E-state index is 0.0362. The predicted molar refractivity (Wildman–Crippen MR) is 103 cm³/mol. The van der Waals surface area contributed by atoms with Crippen LogP contribution in [0.4, 0.5) is 0 Å². The molecule has 0 aliphatic heterocycles. The largest absolute Gasteiger partial charge is 0.464 e. The SMILES string of the molecule is CCCCOC(=O)COCCOCCOCCOCCOCCOCCOC. The quantitative estimate of drug-likeness (QED) is 0.181. The van der Waals surface area contributed by atoms with Crippen molar-refractivity contribution in [2.45, 2.75) is 19.8 Å². The van der Waals surface area contributed by atoms with Gasteiger partial charge in [0.15, 0.2) is 0 Å². The third kappa shape index (κ3) is 23.2. The lowest BCUT2D eigenvalue weighted by molar-refractivity contribution is -0.149. The van der Waals surface area contributed by atoms with Crippen LogP contribution >= 0.6 is 0 Å². The van der Waals surface area contributed by atoms with Crippen LogP contribution in [0, 0.1) is 0 Å². The summed E-state index contributed by atoms with van der Waals surface area (Å²) >= 11 is 0. The van der Waals surface area contributed by atoms with Gasteiger partial charge in [0, 0.05) is 7.11 Å². The Bertz CT molecular complexity index is 316. The standard InChI is InChI=1S/C19H38O9/c1-3-4-5-28-19(20)18-27-17-16-26-15-14-25-13-12-24-11-10-23-9-8-22-7-6-21-2/h3-18H2,1-2H3. The monoisotopic (exact) mass is 410 g/mol. The van der Waals surface area contributed by atoms with Crippen molar-refractivity contribution in [3.63, 3.8) is 0 Å². The minimum Gasteiger partial charge on any atom is -0.464 e. The van der Waals surface area contributed by atoms with Crippen LogP contribution in [0.2, 0.25) is 0 Å². The van der Waals surface area contributed by atoms with E-state index in [9.17, 15) is 4.79 Å². The molecule has 9 nitrogen and oxygen atoms in total. The summed E-state index contributed by atoms with van der Waals surface area (Å²) < 4.78 is 41.7. The van der Waals surface area contributed by atoms with Gasteiger partial charge < -0.3 is 37.9 Å². The van der Waals surface area contributed by atoms with Crippen LogP contribution in [0.25, 0.3) is 0 Å². The number of unbranched alkanes of at least 4 members (excludes halogenated alkanes) is 1. The average Bonchev–Trinajstić information content (AvgIpc) is 2.70. The summed E-state index contributed by atoms with van der Waals surface area (Å²) in [7, 11) is 1.64. The van der Waals surface area contributed by atoms with Gasteiger partial charge in [-0.25, -0.2) is 4.79 Å². The summed E-state index contributed by atoms with van der Waals surface area (Å²) in [6, 6.07) is 0. The second-order valence-electron chi connectivity index (χ2n) is 5.68. The summed E-state index contributed by atoms with van der Waals surface area (Å²) in [6.07, 6.45) is 1.87. The first kappa shape index (κ1) is 27.2. The summed E-state index contributed by atoms with van der Waals surface area (Å²) in [6.45, 7) is 8.52. The highest BCUT2D eigenvalue weighted by atomic mass is 16.6. The molecule has 0 aromatic rings. The highest BCUT2D eigenvalue weighted by molar-refractivity contribution is 5.70. The lowest BCUT2D eigenvalue weighted by atomic mass is 10.4. The van der Waals surface area contributed by atoms with Crippen molar-refractivity contribution >= 4 is 5.97 Å². The van der Waals surface area contributed by atoms with Crippen LogP contribution in [0.1, 0.15) is 19.8 Å². The molecule has 0 saturated heterocycles. The third-order valence-corrected chi connectivity index (χ3v) is 3.27. The van der Waals surface area contributed by atoms with Gasteiger partial charge >= 0.3 is 5.97 Å². The first-order valence-electron chi connectivity index (χ1n) is 9.92. The van der Waals surface area contributed by atoms with E-state index in [0.29, 0.717) is 85.9 Å². The molecule has 0 aliphatic rings. The highest BCUT2D eigenvalue weighted by Crippen LogP contribution is 1.90. The van der Waals surface area contributed by atoms with Gasteiger partial charge in [0.2, 0.25) is 0 Å². The first-order chi connectivity index (χ1) is 13.8. The molecule has 0 heterocycles. The van der Waals surface area contributed by atoms with E-state index < -0.39 is 0 Å². The van der Waals surface area contributed by atoms with Crippen molar-refractivity contribution in [2.24, 2.45) is 0 Å². The maximum Gasteiger partial charge on any atom is 0.332 e. The molecule has 0 aromatic carbocycles. The number of hydrogen-bond acceptors (Lipinski definition) is 9. The van der Waals surface area contributed by atoms with E-state index in [-0.39, 0.29) is 12.6 Å². The van der Waals surface area contributed by atoms with E-state index in [4.69, 9.17) is 37.9 Å². The summed E-state index contributed by atoms with van der Waals surface area (Å²) in [5.41, 5.74) is 0. The maximum absolute atomic E-state index is 11.3. The molecular formula is C19H38O9. The van der Waals surface area contributed by atoms with E-state index in [2.05, 4.69) is 0 Å². The van der Waals surface area contributed by atoms with Crippen LogP contribution in [0.15, 0.2) is 0 Å². The molecule has 0 aromatic heterocycles. The molecule has 0 amide bonds. The van der Waals surface area contributed by atoms with Crippen LogP contribution < -0.4 is 0 Å². The van der Waals surface area contributed by atoms with Gasteiger partial charge in [-0.15, -0.1) is 0 Å². The summed E-state index contributed by atoms with van der Waals surface area (Å²) in [5, 5.41) is 0. The molecule has 28 heavy (non-hydrogen) atoms. The van der Waals surface area contributed by atoms with Gasteiger partial charge in [0.1, 0.15) is 6.61 Å². The lowest BCUT2D eigenvalue weighted by Crippen LogP contribution is -2.17. The van der Waals surface area contributed by atoms with Gasteiger partial charge in [0.05, 0.1) is 85.9 Å². The number of ether oxygens (including phenoxy) is 8. The molecule has 0 saturated carbocycles. The summed E-state index contributed by atoms with van der Waals surface area (Å²) in [4.78, 5) is 11.3. The number of esters is 1. The Kier molecular flexibility index (Phi) is 23.5. The molecule has 0 atom stereocenters. The number of hydrogen-bond donors (Lipinski definition) is 0. The molecule has 0 spiro atoms. The zero-order valence-corrected chi connectivity index (χ0v) is 17.5. The van der Waals surface area contributed by atoms with E-state index in [1.54, 1.807) is 7.11 Å². The van der Waals surface area contributed by atoms with Gasteiger partial charge in [-0.1, -0.05) is 13.3 Å². The highest BCUT2D eigenvalue weighted by Gasteiger charge is 2.02. The average molecular weight is 411 g/mol. The molecule has 0 N–H and O–H groups in total. The molecule has 0 bridgehead atoms. The number of methoxy groups -OCH3 is 1. The lowest BCUT2D eigenvalue weighted by Gasteiger charge is -2.08. The zero-order valence-electron chi connectivity index (χ0n) is 17.5. The van der Waals surface area contributed by atoms with Crippen LogP contribution in [0.5, 0.6) is 0 Å². The second-order valence-corrected chi connectivity index (χ2v) is 5.68. The van der Waals surface area contributed by atoms with Crippen molar-refractivity contribution in [2.75, 3.05) is 99.6 Å². The number of carbonyl (C=O) groups excluding carboxylic acids is 1. The van der Waals surface area contributed by atoms with Crippen LogP contribution in [-0.2, 0) is 42.7 Å². The Hall–Kier alpha value is -0.810. The fourth-order valence-electron chi connectivity index (χ4n) is 1.77. The Labute approximate surface area is 168 Å². The second kappa shape index (κ2) is 24.2. The van der Waals surface area contributed by atoms with Crippen molar-refractivity contribution in [3.8, 4) is 0 Å². The van der Waals surface area contributed by atoms with Gasteiger partial charge in [0.25, 0.3) is 0 Å². The van der Waals surface area contributed by atoms with Crippen molar-refractivity contribution in [1.82, 2.24) is 0 Å². The molecule has 0 radical (unpaired) electrons. The van der Waals surface area contributed by atoms with E-state index in [0.717, 1.165) is 12.8 Å². The van der Waals surface area contributed by atoms with Gasteiger partial charge in [-0.3, -0.25) is 0 Å². The Balaban J connectivity index is 3.06. The Morgan fingerprint density at radius 2 is 0.964 bits per heavy atom. The van der Waals surface area contributed by atoms with Crippen LogP contribution in [-0.4, -0.2) is 106 Å². The Morgan fingerprint density at radius 3 is 1.36 bits per heavy atom. The third-order valence-electron chi connectivity index (χ3n) is 3.27. The summed E-state index contributed by atoms with van der Waals surface area (Å²) in [5.74, 6) is -0.336. The smallest absolute Gasteiger partial charge is 0.332 e.